The SMILES string of the molecule is C=CN=C(c1cc[nH]c1C)C(C)C. The summed E-state index contributed by atoms with van der Waals surface area (Å²) in [7, 11) is 0. The third-order valence-corrected chi connectivity index (χ3v) is 2.01. The van der Waals surface area contributed by atoms with Crippen LogP contribution in [0, 0.1) is 12.8 Å². The average Bonchev–Trinajstić information content (AvgIpc) is 2.47. The van der Waals surface area contributed by atoms with Crippen molar-refractivity contribution in [3.8, 4) is 0 Å². The molecule has 2 heteroatoms. The molecular weight excluding hydrogens is 160 g/mol. The van der Waals surface area contributed by atoms with Gasteiger partial charge in [0.1, 0.15) is 0 Å². The molecule has 0 amide bonds. The molecule has 0 unspecified atom stereocenters. The molecule has 0 aromatic carbocycles. The molecule has 0 aliphatic rings. The van der Waals surface area contributed by atoms with E-state index in [0.29, 0.717) is 5.92 Å². The second-order valence-corrected chi connectivity index (χ2v) is 3.37. The van der Waals surface area contributed by atoms with Crippen molar-refractivity contribution in [3.05, 3.63) is 36.3 Å². The van der Waals surface area contributed by atoms with Crippen LogP contribution in [0.5, 0.6) is 0 Å². The first-order valence-electron chi connectivity index (χ1n) is 4.49. The van der Waals surface area contributed by atoms with Crippen LogP contribution in [0.15, 0.2) is 30.0 Å². The van der Waals surface area contributed by atoms with Gasteiger partial charge in [-0.2, -0.15) is 0 Å². The molecule has 2 nitrogen and oxygen atoms in total. The largest absolute Gasteiger partial charge is 0.365 e. The Balaban J connectivity index is 3.09. The maximum Gasteiger partial charge on any atom is 0.0518 e. The molecule has 0 radical (unpaired) electrons. The Morgan fingerprint density at radius 2 is 2.31 bits per heavy atom. The zero-order valence-electron chi connectivity index (χ0n) is 8.46. The second-order valence-electron chi connectivity index (χ2n) is 3.37. The van der Waals surface area contributed by atoms with Gasteiger partial charge in [0.2, 0.25) is 0 Å². The van der Waals surface area contributed by atoms with Crippen molar-refractivity contribution < 1.29 is 0 Å². The van der Waals surface area contributed by atoms with E-state index in [2.05, 4.69) is 43.4 Å². The van der Waals surface area contributed by atoms with Crippen molar-refractivity contribution in [2.45, 2.75) is 20.8 Å². The second kappa shape index (κ2) is 4.08. The van der Waals surface area contributed by atoms with E-state index in [1.54, 1.807) is 6.20 Å². The number of nitrogens with zero attached hydrogens (tertiary/aromatic N) is 1. The Labute approximate surface area is 79.4 Å². The van der Waals surface area contributed by atoms with Gasteiger partial charge >= 0.3 is 0 Å². The third kappa shape index (κ3) is 2.08. The standard InChI is InChI=1S/C11H16N2/c1-5-12-11(8(2)3)10-6-7-13-9(10)4/h5-8,13H,1H2,2-4H3. The van der Waals surface area contributed by atoms with Crippen LogP contribution < -0.4 is 0 Å². The number of aliphatic imine (C=N–C) groups is 1. The fourth-order valence-electron chi connectivity index (χ4n) is 1.36. The topological polar surface area (TPSA) is 28.1 Å². The maximum absolute atomic E-state index is 4.29. The summed E-state index contributed by atoms with van der Waals surface area (Å²) in [5.41, 5.74) is 3.44. The van der Waals surface area contributed by atoms with Crippen molar-refractivity contribution in [2.24, 2.45) is 10.9 Å². The molecule has 1 heterocycles. The van der Waals surface area contributed by atoms with Gasteiger partial charge in [0.15, 0.2) is 0 Å². The number of nitrogens with one attached hydrogen (secondary N) is 1. The quantitative estimate of drug-likeness (QED) is 0.686. The van der Waals surface area contributed by atoms with Crippen LogP contribution in [0.3, 0.4) is 0 Å². The van der Waals surface area contributed by atoms with Gasteiger partial charge in [-0.05, 0) is 18.9 Å². The van der Waals surface area contributed by atoms with Crippen LogP contribution >= 0.6 is 0 Å². The van der Waals surface area contributed by atoms with Gasteiger partial charge in [-0.25, -0.2) is 0 Å². The first-order chi connectivity index (χ1) is 6.16. The molecule has 13 heavy (non-hydrogen) atoms. The van der Waals surface area contributed by atoms with Crippen LogP contribution in [-0.2, 0) is 0 Å². The highest BCUT2D eigenvalue weighted by molar-refractivity contribution is 6.03. The van der Waals surface area contributed by atoms with Gasteiger partial charge in [-0.15, -0.1) is 0 Å². The number of hydrogen-bond donors (Lipinski definition) is 1. The number of aromatic nitrogens is 1. The molecule has 1 aromatic heterocycles. The summed E-state index contributed by atoms with van der Waals surface area (Å²) in [5, 5.41) is 0. The van der Waals surface area contributed by atoms with Gasteiger partial charge in [-0.3, -0.25) is 4.99 Å². The van der Waals surface area contributed by atoms with Gasteiger partial charge < -0.3 is 4.98 Å². The first-order valence-corrected chi connectivity index (χ1v) is 4.49. The number of aromatic amines is 1. The van der Waals surface area contributed by atoms with E-state index in [-0.39, 0.29) is 0 Å². The van der Waals surface area contributed by atoms with Gasteiger partial charge in [0.25, 0.3) is 0 Å². The number of H-pyrrole nitrogens is 1. The zero-order valence-corrected chi connectivity index (χ0v) is 8.46. The number of hydrogen-bond acceptors (Lipinski definition) is 1. The van der Waals surface area contributed by atoms with Gasteiger partial charge in [0, 0.05) is 23.7 Å². The van der Waals surface area contributed by atoms with Crippen LogP contribution in [0.2, 0.25) is 0 Å². The fourth-order valence-corrected chi connectivity index (χ4v) is 1.36. The highest BCUT2D eigenvalue weighted by Gasteiger charge is 2.10. The van der Waals surface area contributed by atoms with Crippen molar-refractivity contribution in [1.82, 2.24) is 4.98 Å². The molecule has 0 saturated heterocycles. The Hall–Kier alpha value is -1.31. The predicted molar refractivity (Wildman–Crippen MR) is 57.1 cm³/mol. The van der Waals surface area contributed by atoms with Crippen molar-refractivity contribution in [3.63, 3.8) is 0 Å². The van der Waals surface area contributed by atoms with E-state index in [0.717, 1.165) is 11.4 Å². The molecule has 0 aliphatic carbocycles. The lowest BCUT2D eigenvalue weighted by Gasteiger charge is -2.08. The van der Waals surface area contributed by atoms with Crippen molar-refractivity contribution >= 4 is 5.71 Å². The van der Waals surface area contributed by atoms with Crippen LogP contribution in [0.25, 0.3) is 0 Å². The van der Waals surface area contributed by atoms with Gasteiger partial charge in [-0.1, -0.05) is 20.4 Å². The molecule has 0 aliphatic heterocycles. The third-order valence-electron chi connectivity index (χ3n) is 2.01. The summed E-state index contributed by atoms with van der Waals surface area (Å²) in [5.74, 6) is 0.424. The number of rotatable bonds is 3. The highest BCUT2D eigenvalue weighted by Crippen LogP contribution is 2.13. The average molecular weight is 176 g/mol. The van der Waals surface area contributed by atoms with E-state index >= 15 is 0 Å². The fraction of sp³-hybridized carbons (Fsp3) is 0.364. The lowest BCUT2D eigenvalue weighted by Crippen LogP contribution is -2.09. The van der Waals surface area contributed by atoms with E-state index in [4.69, 9.17) is 0 Å². The maximum atomic E-state index is 4.29. The minimum Gasteiger partial charge on any atom is -0.365 e. The molecule has 1 N–H and O–H groups in total. The summed E-state index contributed by atoms with van der Waals surface area (Å²) < 4.78 is 0. The molecule has 0 saturated carbocycles. The lowest BCUT2D eigenvalue weighted by molar-refractivity contribution is 0.883. The first kappa shape index (κ1) is 9.78. The number of aryl methyl sites for hydroxylation is 1. The van der Waals surface area contributed by atoms with E-state index < -0.39 is 0 Å². The molecule has 0 fully saturated rings. The summed E-state index contributed by atoms with van der Waals surface area (Å²) in [6, 6.07) is 2.05. The molecule has 0 spiro atoms. The van der Waals surface area contributed by atoms with Gasteiger partial charge in [0.05, 0.1) is 5.71 Å². The molecular formula is C11H16N2. The van der Waals surface area contributed by atoms with Crippen molar-refractivity contribution in [1.29, 1.82) is 0 Å². The Morgan fingerprint density at radius 1 is 1.62 bits per heavy atom. The molecule has 0 atom stereocenters. The molecule has 70 valence electrons. The van der Waals surface area contributed by atoms with E-state index in [9.17, 15) is 0 Å². The van der Waals surface area contributed by atoms with Crippen LogP contribution in [0.4, 0.5) is 0 Å². The van der Waals surface area contributed by atoms with Crippen molar-refractivity contribution in [2.75, 3.05) is 0 Å². The molecule has 1 rings (SSSR count). The van der Waals surface area contributed by atoms with Crippen LogP contribution in [0.1, 0.15) is 25.1 Å². The normalized spacial score (nSPS) is 12.2. The smallest absolute Gasteiger partial charge is 0.0518 e. The summed E-state index contributed by atoms with van der Waals surface area (Å²) >= 11 is 0. The summed E-state index contributed by atoms with van der Waals surface area (Å²) in [6.07, 6.45) is 3.54. The summed E-state index contributed by atoms with van der Waals surface area (Å²) in [4.78, 5) is 7.43. The Kier molecular flexibility index (Phi) is 3.07. The Bertz CT molecular complexity index is 319. The predicted octanol–water partition coefficient (Wildman–Crippen LogP) is 2.91. The molecule has 1 aromatic rings. The lowest BCUT2D eigenvalue weighted by atomic mass is 10.0. The monoisotopic (exact) mass is 176 g/mol. The van der Waals surface area contributed by atoms with E-state index in [1.807, 2.05) is 6.20 Å². The summed E-state index contributed by atoms with van der Waals surface area (Å²) in [6.45, 7) is 9.94. The van der Waals surface area contributed by atoms with Crippen LogP contribution in [-0.4, -0.2) is 10.7 Å². The minimum absolute atomic E-state index is 0.424. The molecule has 0 bridgehead atoms. The van der Waals surface area contributed by atoms with E-state index in [1.165, 1.54) is 5.56 Å². The zero-order chi connectivity index (χ0) is 9.84. The Morgan fingerprint density at radius 3 is 2.69 bits per heavy atom. The highest BCUT2D eigenvalue weighted by atomic mass is 14.7. The minimum atomic E-state index is 0.424.